The summed E-state index contributed by atoms with van der Waals surface area (Å²) in [4.78, 5) is 28.0. The van der Waals surface area contributed by atoms with E-state index in [9.17, 15) is 14.0 Å². The summed E-state index contributed by atoms with van der Waals surface area (Å²) in [6, 6.07) is 13.1. The van der Waals surface area contributed by atoms with Crippen LogP contribution in [0.15, 0.2) is 74.5 Å². The van der Waals surface area contributed by atoms with Gasteiger partial charge in [0.05, 0.1) is 29.8 Å². The monoisotopic (exact) mass is 409 g/mol. The number of halogens is 2. The number of furan rings is 1. The molecule has 2 aromatic carbocycles. The van der Waals surface area contributed by atoms with Crippen molar-refractivity contribution in [1.82, 2.24) is 4.90 Å². The zero-order valence-corrected chi connectivity index (χ0v) is 15.7. The van der Waals surface area contributed by atoms with Crippen LogP contribution >= 0.6 is 11.6 Å². The van der Waals surface area contributed by atoms with Crippen LogP contribution in [0.4, 0.5) is 4.39 Å². The first kappa shape index (κ1) is 17.7. The molecule has 1 amide bonds. The highest BCUT2D eigenvalue weighted by molar-refractivity contribution is 6.31. The zero-order chi connectivity index (χ0) is 20.1. The molecule has 1 atom stereocenters. The van der Waals surface area contributed by atoms with Crippen LogP contribution in [0, 0.1) is 5.82 Å². The Morgan fingerprint density at radius 3 is 2.69 bits per heavy atom. The lowest BCUT2D eigenvalue weighted by Gasteiger charge is -2.24. The second-order valence-corrected chi connectivity index (χ2v) is 7.22. The van der Waals surface area contributed by atoms with E-state index in [2.05, 4.69) is 0 Å². The molecule has 5 nitrogen and oxygen atoms in total. The highest BCUT2D eigenvalue weighted by Crippen LogP contribution is 2.39. The smallest absolute Gasteiger partial charge is 0.291 e. The minimum atomic E-state index is -0.807. The summed E-state index contributed by atoms with van der Waals surface area (Å²) < 4.78 is 25.2. The molecule has 4 aromatic rings. The molecule has 1 aliphatic heterocycles. The maximum atomic E-state index is 14.0. The standard InChI is InChI=1S/C22H13ClFNO4/c23-13-6-7-17-16(10-13)20(26)18-19(12-3-1-4-14(24)9-12)25(22(27)21(18)29-17)11-15-5-2-8-28-15/h1-10,19H,11H2. The summed E-state index contributed by atoms with van der Waals surface area (Å²) in [5.74, 6) is -0.438. The minimum absolute atomic E-state index is 0.0503. The molecule has 0 saturated carbocycles. The van der Waals surface area contributed by atoms with Crippen LogP contribution in [0.25, 0.3) is 11.0 Å². The quantitative estimate of drug-likeness (QED) is 0.481. The van der Waals surface area contributed by atoms with E-state index in [-0.39, 0.29) is 34.3 Å². The molecule has 0 spiro atoms. The van der Waals surface area contributed by atoms with E-state index in [0.717, 1.165) is 0 Å². The lowest BCUT2D eigenvalue weighted by molar-refractivity contribution is 0.0701. The van der Waals surface area contributed by atoms with Crippen molar-refractivity contribution in [2.24, 2.45) is 0 Å². The number of rotatable bonds is 3. The van der Waals surface area contributed by atoms with Gasteiger partial charge in [-0.25, -0.2) is 4.39 Å². The fourth-order valence-corrected chi connectivity index (χ4v) is 3.92. The van der Waals surface area contributed by atoms with E-state index in [0.29, 0.717) is 16.3 Å². The number of hydrogen-bond acceptors (Lipinski definition) is 4. The summed E-state index contributed by atoms with van der Waals surface area (Å²) in [5, 5.41) is 0.647. The van der Waals surface area contributed by atoms with Gasteiger partial charge >= 0.3 is 0 Å². The summed E-state index contributed by atoms with van der Waals surface area (Å²) >= 11 is 6.05. The van der Waals surface area contributed by atoms with E-state index < -0.39 is 17.8 Å². The predicted octanol–water partition coefficient (Wildman–Crippen LogP) is 4.92. The van der Waals surface area contributed by atoms with Gasteiger partial charge in [0.25, 0.3) is 5.91 Å². The minimum Gasteiger partial charge on any atom is -0.467 e. The zero-order valence-electron chi connectivity index (χ0n) is 14.9. The molecule has 0 radical (unpaired) electrons. The van der Waals surface area contributed by atoms with Crippen molar-refractivity contribution in [3.63, 3.8) is 0 Å². The first-order chi connectivity index (χ1) is 14.0. The van der Waals surface area contributed by atoms with Gasteiger partial charge < -0.3 is 13.7 Å². The number of nitrogens with zero attached hydrogens (tertiary/aromatic N) is 1. The van der Waals surface area contributed by atoms with Gasteiger partial charge in [-0.1, -0.05) is 23.7 Å². The molecule has 0 aliphatic carbocycles. The van der Waals surface area contributed by atoms with Crippen LogP contribution in [0.1, 0.15) is 33.5 Å². The molecule has 7 heteroatoms. The van der Waals surface area contributed by atoms with Gasteiger partial charge in [0.1, 0.15) is 17.2 Å². The van der Waals surface area contributed by atoms with Gasteiger partial charge in [0.15, 0.2) is 5.43 Å². The van der Waals surface area contributed by atoms with Gasteiger partial charge in [-0.2, -0.15) is 0 Å². The lowest BCUT2D eigenvalue weighted by atomic mass is 9.98. The van der Waals surface area contributed by atoms with E-state index in [1.165, 1.54) is 35.4 Å². The Kier molecular flexibility index (Phi) is 4.03. The second kappa shape index (κ2) is 6.60. The van der Waals surface area contributed by atoms with Gasteiger partial charge in [-0.15, -0.1) is 0 Å². The SMILES string of the molecule is O=C1c2oc3ccc(Cl)cc3c(=O)c2C(c2cccc(F)c2)N1Cc1ccco1. The molecule has 5 rings (SSSR count). The average Bonchev–Trinajstić information content (AvgIpc) is 3.31. The Hall–Kier alpha value is -3.38. The molecule has 1 unspecified atom stereocenters. The van der Waals surface area contributed by atoms with Crippen LogP contribution in [-0.2, 0) is 6.54 Å². The van der Waals surface area contributed by atoms with E-state index in [1.54, 1.807) is 30.3 Å². The third kappa shape index (κ3) is 2.84. The molecule has 0 N–H and O–H groups in total. The Labute approximate surface area is 168 Å². The predicted molar refractivity (Wildman–Crippen MR) is 104 cm³/mol. The maximum Gasteiger partial charge on any atom is 0.291 e. The summed E-state index contributed by atoms with van der Waals surface area (Å²) in [7, 11) is 0. The Morgan fingerprint density at radius 2 is 1.93 bits per heavy atom. The van der Waals surface area contributed by atoms with Gasteiger partial charge in [0.2, 0.25) is 5.76 Å². The average molecular weight is 410 g/mol. The van der Waals surface area contributed by atoms with E-state index in [1.807, 2.05) is 0 Å². The Morgan fingerprint density at radius 1 is 1.07 bits per heavy atom. The molecule has 1 aliphatic rings. The van der Waals surface area contributed by atoms with Gasteiger partial charge in [0, 0.05) is 5.02 Å². The van der Waals surface area contributed by atoms with Crippen molar-refractivity contribution in [2.45, 2.75) is 12.6 Å². The lowest BCUT2D eigenvalue weighted by Crippen LogP contribution is -2.29. The van der Waals surface area contributed by atoms with Crippen LogP contribution in [0.5, 0.6) is 0 Å². The molecule has 29 heavy (non-hydrogen) atoms. The second-order valence-electron chi connectivity index (χ2n) is 6.78. The normalized spacial score (nSPS) is 15.9. The number of carbonyl (C=O) groups is 1. The fraction of sp³-hybridized carbons (Fsp3) is 0.0909. The summed E-state index contributed by atoms with van der Waals surface area (Å²) in [6.45, 7) is 0.105. The third-order valence-electron chi connectivity index (χ3n) is 5.00. The van der Waals surface area contributed by atoms with Crippen LogP contribution < -0.4 is 5.43 Å². The molecule has 0 bridgehead atoms. The topological polar surface area (TPSA) is 63.7 Å². The Bertz CT molecular complexity index is 1310. The first-order valence-electron chi connectivity index (χ1n) is 8.88. The fourth-order valence-electron chi connectivity index (χ4n) is 3.75. The summed E-state index contributed by atoms with van der Waals surface area (Å²) in [6.07, 6.45) is 1.50. The number of benzene rings is 2. The van der Waals surface area contributed by atoms with Crippen LogP contribution in [-0.4, -0.2) is 10.8 Å². The highest BCUT2D eigenvalue weighted by Gasteiger charge is 2.43. The molecule has 0 fully saturated rings. The molecular formula is C22H13ClFNO4. The van der Waals surface area contributed by atoms with Crippen molar-refractivity contribution < 1.29 is 18.0 Å². The third-order valence-corrected chi connectivity index (χ3v) is 5.23. The number of hydrogen-bond donors (Lipinski definition) is 0. The highest BCUT2D eigenvalue weighted by atomic mass is 35.5. The number of amides is 1. The number of fused-ring (bicyclic) bond motifs is 2. The van der Waals surface area contributed by atoms with Gasteiger partial charge in [-0.05, 0) is 48.0 Å². The van der Waals surface area contributed by atoms with Crippen molar-refractivity contribution in [2.75, 3.05) is 0 Å². The van der Waals surface area contributed by atoms with Crippen molar-refractivity contribution in [3.8, 4) is 0 Å². The van der Waals surface area contributed by atoms with Crippen molar-refractivity contribution in [3.05, 3.63) is 105 Å². The molecular weight excluding hydrogens is 397 g/mol. The van der Waals surface area contributed by atoms with E-state index >= 15 is 0 Å². The van der Waals surface area contributed by atoms with Crippen LogP contribution in [0.2, 0.25) is 5.02 Å². The van der Waals surface area contributed by atoms with E-state index in [4.69, 9.17) is 20.4 Å². The molecule has 144 valence electrons. The maximum absolute atomic E-state index is 14.0. The number of carbonyl (C=O) groups excluding carboxylic acids is 1. The largest absolute Gasteiger partial charge is 0.467 e. The molecule has 2 aromatic heterocycles. The summed E-state index contributed by atoms with van der Waals surface area (Å²) in [5.41, 5.74) is 0.539. The Balaban J connectivity index is 1.77. The molecule has 3 heterocycles. The van der Waals surface area contributed by atoms with Crippen LogP contribution in [0.3, 0.4) is 0 Å². The molecule has 0 saturated heterocycles. The van der Waals surface area contributed by atoms with Gasteiger partial charge in [-0.3, -0.25) is 9.59 Å². The van der Waals surface area contributed by atoms with Crippen molar-refractivity contribution >= 4 is 28.5 Å². The first-order valence-corrected chi connectivity index (χ1v) is 9.26. The van der Waals surface area contributed by atoms with Crippen molar-refractivity contribution in [1.29, 1.82) is 0 Å².